The van der Waals surface area contributed by atoms with Crippen LogP contribution in [0.3, 0.4) is 0 Å². The molecule has 10 nitrogen and oxygen atoms in total. The number of fused-ring (bicyclic) bond motifs is 2. The van der Waals surface area contributed by atoms with Gasteiger partial charge in [0, 0.05) is 12.1 Å². The van der Waals surface area contributed by atoms with Crippen LogP contribution in [0, 0.1) is 0 Å². The van der Waals surface area contributed by atoms with Crippen molar-refractivity contribution in [3.05, 3.63) is 72.3 Å². The summed E-state index contributed by atoms with van der Waals surface area (Å²) in [5, 5.41) is 29.1. The molecule has 2 aromatic carbocycles. The summed E-state index contributed by atoms with van der Waals surface area (Å²) in [6, 6.07) is 12.4. The van der Waals surface area contributed by atoms with Crippen LogP contribution in [-0.2, 0) is 4.74 Å². The van der Waals surface area contributed by atoms with Crippen LogP contribution in [0.15, 0.2) is 66.8 Å². The molecule has 4 N–H and O–H groups in total. The highest BCUT2D eigenvalue weighted by Gasteiger charge is 2.46. The molecule has 0 saturated carbocycles. The van der Waals surface area contributed by atoms with E-state index >= 15 is 0 Å². The molecular weight excluding hydrogens is 496 g/mol. The van der Waals surface area contributed by atoms with Crippen molar-refractivity contribution in [2.75, 3.05) is 18.5 Å². The topological polar surface area (TPSA) is 134 Å². The van der Waals surface area contributed by atoms with E-state index in [1.165, 1.54) is 24.7 Å². The lowest BCUT2D eigenvalue weighted by molar-refractivity contribution is -0.0440. The van der Waals surface area contributed by atoms with Gasteiger partial charge in [0.05, 0.1) is 12.9 Å². The molecule has 39 heavy (non-hydrogen) atoms. The molecule has 1 saturated heterocycles. The standard InChI is InChI=1S/C29H32N6O4/c36-15-22-25(37)23(34-28(38)21-11-10-19-8-4-5-9-20(19)14-21)29(39-22)35-17-33-24-26(31-16-32-27(24)35)30-13-12-18-6-2-1-3-7-18/h4-6,8-11,14,16-17,22-23,25,29,36-37H,1-3,7,12-13,15H2,(H,34,38)(H,30,31,32)/t22-,23-,25-,29-/m1/s1. The van der Waals surface area contributed by atoms with Gasteiger partial charge in [-0.25, -0.2) is 15.0 Å². The van der Waals surface area contributed by atoms with Gasteiger partial charge < -0.3 is 25.6 Å². The van der Waals surface area contributed by atoms with Crippen molar-refractivity contribution >= 4 is 33.7 Å². The largest absolute Gasteiger partial charge is 0.394 e. The second-order valence-corrected chi connectivity index (χ2v) is 10.1. The first-order valence-corrected chi connectivity index (χ1v) is 13.5. The van der Waals surface area contributed by atoms with Crippen molar-refractivity contribution in [3.8, 4) is 0 Å². The third-order valence-corrected chi connectivity index (χ3v) is 7.62. The molecule has 6 rings (SSSR count). The number of amides is 1. The summed E-state index contributed by atoms with van der Waals surface area (Å²) in [4.78, 5) is 26.6. The number of ether oxygens (including phenoxy) is 1. The Bertz CT molecular complexity index is 1520. The van der Waals surface area contributed by atoms with E-state index in [-0.39, 0.29) is 5.91 Å². The van der Waals surface area contributed by atoms with Gasteiger partial charge >= 0.3 is 0 Å². The number of carbonyl (C=O) groups excluding carboxylic acids is 1. The van der Waals surface area contributed by atoms with Crippen LogP contribution in [0.5, 0.6) is 0 Å². The third kappa shape index (κ3) is 5.10. The maximum atomic E-state index is 13.3. The summed E-state index contributed by atoms with van der Waals surface area (Å²) in [6.07, 6.45) is 8.28. The maximum Gasteiger partial charge on any atom is 0.251 e. The average molecular weight is 529 g/mol. The van der Waals surface area contributed by atoms with Crippen LogP contribution in [-0.4, -0.2) is 67.0 Å². The number of aliphatic hydroxyl groups excluding tert-OH is 2. The number of aromatic nitrogens is 4. The first-order chi connectivity index (χ1) is 19.1. The van der Waals surface area contributed by atoms with Crippen molar-refractivity contribution in [3.63, 3.8) is 0 Å². The van der Waals surface area contributed by atoms with Crippen molar-refractivity contribution in [1.29, 1.82) is 0 Å². The molecule has 1 amide bonds. The lowest BCUT2D eigenvalue weighted by atomic mass is 9.97. The minimum Gasteiger partial charge on any atom is -0.394 e. The van der Waals surface area contributed by atoms with E-state index in [0.717, 1.165) is 36.6 Å². The number of imidazole rings is 1. The number of carbonyl (C=O) groups is 1. The van der Waals surface area contributed by atoms with E-state index in [2.05, 4.69) is 31.7 Å². The first kappa shape index (κ1) is 25.4. The number of rotatable bonds is 8. The number of nitrogens with zero attached hydrogens (tertiary/aromatic N) is 4. The molecule has 0 spiro atoms. The van der Waals surface area contributed by atoms with E-state index in [1.807, 2.05) is 36.4 Å². The number of hydrogen-bond acceptors (Lipinski definition) is 8. The Balaban J connectivity index is 1.23. The highest BCUT2D eigenvalue weighted by atomic mass is 16.5. The van der Waals surface area contributed by atoms with Gasteiger partial charge in [-0.1, -0.05) is 42.0 Å². The van der Waals surface area contributed by atoms with Crippen molar-refractivity contribution < 1.29 is 19.7 Å². The van der Waals surface area contributed by atoms with Gasteiger partial charge in [0.15, 0.2) is 23.2 Å². The quantitative estimate of drug-likeness (QED) is 0.256. The number of benzene rings is 2. The fourth-order valence-electron chi connectivity index (χ4n) is 5.50. The zero-order chi connectivity index (χ0) is 26.8. The SMILES string of the molecule is O=C(N[C@@H]1[C@H](O)[C@@H](CO)O[C@H]1n1cnc2c(NCCC3=CCCCC3)ncnc21)c1ccc2ccccc2c1. The molecule has 2 aliphatic rings. The summed E-state index contributed by atoms with van der Waals surface area (Å²) in [6.45, 7) is 0.338. The molecule has 0 unspecified atom stereocenters. The number of aliphatic hydroxyl groups is 2. The van der Waals surface area contributed by atoms with Gasteiger partial charge in [-0.2, -0.15) is 0 Å². The Morgan fingerprint density at radius 1 is 1.10 bits per heavy atom. The summed E-state index contributed by atoms with van der Waals surface area (Å²) >= 11 is 0. The number of nitrogens with one attached hydrogen (secondary N) is 2. The molecule has 1 aliphatic heterocycles. The molecule has 3 heterocycles. The van der Waals surface area contributed by atoms with E-state index in [1.54, 1.807) is 17.0 Å². The molecule has 4 aromatic rings. The lowest BCUT2D eigenvalue weighted by Crippen LogP contribution is -2.46. The van der Waals surface area contributed by atoms with Crippen molar-refractivity contribution in [2.24, 2.45) is 0 Å². The Morgan fingerprint density at radius 2 is 1.97 bits per heavy atom. The summed E-state index contributed by atoms with van der Waals surface area (Å²) < 4.78 is 7.69. The zero-order valence-electron chi connectivity index (χ0n) is 21.5. The van der Waals surface area contributed by atoms with Gasteiger partial charge in [0.25, 0.3) is 5.91 Å². The second-order valence-electron chi connectivity index (χ2n) is 10.1. The molecule has 10 heteroatoms. The predicted octanol–water partition coefficient (Wildman–Crippen LogP) is 3.33. The summed E-state index contributed by atoms with van der Waals surface area (Å²) in [5.74, 6) is 0.263. The monoisotopic (exact) mass is 528 g/mol. The smallest absolute Gasteiger partial charge is 0.251 e. The van der Waals surface area contributed by atoms with Gasteiger partial charge in [0.2, 0.25) is 0 Å². The highest BCUT2D eigenvalue weighted by molar-refractivity contribution is 5.98. The number of hydrogen-bond donors (Lipinski definition) is 4. The molecule has 0 bridgehead atoms. The second kappa shape index (κ2) is 11.1. The lowest BCUT2D eigenvalue weighted by Gasteiger charge is -2.23. The summed E-state index contributed by atoms with van der Waals surface area (Å²) in [7, 11) is 0. The molecule has 1 fully saturated rings. The highest BCUT2D eigenvalue weighted by Crippen LogP contribution is 2.33. The fraction of sp³-hybridized carbons (Fsp3) is 0.379. The van der Waals surface area contributed by atoms with Gasteiger partial charge in [-0.05, 0) is 55.0 Å². The van der Waals surface area contributed by atoms with E-state index in [0.29, 0.717) is 22.5 Å². The van der Waals surface area contributed by atoms with Crippen LogP contribution >= 0.6 is 0 Å². The van der Waals surface area contributed by atoms with Gasteiger partial charge in [-0.15, -0.1) is 0 Å². The molecule has 4 atom stereocenters. The van der Waals surface area contributed by atoms with Crippen LogP contribution in [0.1, 0.15) is 48.7 Å². The summed E-state index contributed by atoms with van der Waals surface area (Å²) in [5.41, 5.74) is 3.01. The van der Waals surface area contributed by atoms with Crippen LogP contribution in [0.4, 0.5) is 5.82 Å². The molecule has 2 aromatic heterocycles. The van der Waals surface area contributed by atoms with Crippen LogP contribution < -0.4 is 10.6 Å². The van der Waals surface area contributed by atoms with E-state index in [4.69, 9.17) is 4.74 Å². The zero-order valence-corrected chi connectivity index (χ0v) is 21.5. The van der Waals surface area contributed by atoms with Crippen molar-refractivity contribution in [2.45, 2.75) is 56.6 Å². The van der Waals surface area contributed by atoms with Crippen molar-refractivity contribution in [1.82, 2.24) is 24.8 Å². The Morgan fingerprint density at radius 3 is 2.79 bits per heavy atom. The van der Waals surface area contributed by atoms with Crippen LogP contribution in [0.25, 0.3) is 21.9 Å². The third-order valence-electron chi connectivity index (χ3n) is 7.62. The Kier molecular flexibility index (Phi) is 7.23. The first-order valence-electron chi connectivity index (χ1n) is 13.5. The minimum atomic E-state index is -1.13. The van der Waals surface area contributed by atoms with E-state index < -0.39 is 31.1 Å². The van der Waals surface area contributed by atoms with Crippen LogP contribution in [0.2, 0.25) is 0 Å². The normalized spacial score (nSPS) is 23.2. The number of anilines is 1. The van der Waals surface area contributed by atoms with Gasteiger partial charge in [-0.3, -0.25) is 9.36 Å². The average Bonchev–Trinajstić information content (AvgIpc) is 3.54. The maximum absolute atomic E-state index is 13.3. The minimum absolute atomic E-state index is 0.351. The molecular formula is C29H32N6O4. The Labute approximate surface area is 225 Å². The number of allylic oxidation sites excluding steroid dienone is 1. The van der Waals surface area contributed by atoms with Gasteiger partial charge in [0.1, 0.15) is 24.6 Å². The van der Waals surface area contributed by atoms with E-state index in [9.17, 15) is 15.0 Å². The Hall–Kier alpha value is -3.86. The predicted molar refractivity (Wildman–Crippen MR) is 147 cm³/mol. The fourth-order valence-corrected chi connectivity index (χ4v) is 5.50. The molecule has 0 radical (unpaired) electrons. The molecule has 202 valence electrons. The molecule has 1 aliphatic carbocycles.